The average molecular weight is 437 g/mol. The summed E-state index contributed by atoms with van der Waals surface area (Å²) in [7, 11) is -5.59. The van der Waals surface area contributed by atoms with Crippen molar-refractivity contribution in [2.45, 2.75) is 29.1 Å². The third-order valence-electron chi connectivity index (χ3n) is 5.01. The maximum Gasteiger partial charge on any atom is 0.259 e. The fourth-order valence-corrected chi connectivity index (χ4v) is 5.66. The first kappa shape index (κ1) is 21.5. The van der Waals surface area contributed by atoms with Gasteiger partial charge in [-0.25, -0.2) is 16.8 Å². The third kappa shape index (κ3) is 4.52. The van der Waals surface area contributed by atoms with E-state index in [1.807, 2.05) is 0 Å². The molecule has 0 atom stereocenters. The topological polar surface area (TPSA) is 91.8 Å². The molecule has 0 radical (unpaired) electrons. The maximum atomic E-state index is 13.1. The van der Waals surface area contributed by atoms with Crippen LogP contribution in [0.1, 0.15) is 29.6 Å². The Kier molecular flexibility index (Phi) is 6.11. The van der Waals surface area contributed by atoms with E-state index in [1.54, 1.807) is 12.1 Å². The van der Waals surface area contributed by atoms with E-state index in [1.165, 1.54) is 52.7 Å². The van der Waals surface area contributed by atoms with Gasteiger partial charge in [0, 0.05) is 32.1 Å². The molecule has 2 aromatic carbocycles. The van der Waals surface area contributed by atoms with Crippen LogP contribution in [0.3, 0.4) is 0 Å². The van der Waals surface area contributed by atoms with Crippen LogP contribution in [0.5, 0.6) is 0 Å². The molecule has 3 rings (SSSR count). The second-order valence-corrected chi connectivity index (χ2v) is 11.0. The largest absolute Gasteiger partial charge is 0.311 e. The molecule has 1 fully saturated rings. The van der Waals surface area contributed by atoms with E-state index in [9.17, 15) is 21.6 Å². The number of nitrogens with zero attached hydrogens (tertiary/aromatic N) is 2. The Morgan fingerprint density at radius 1 is 0.897 bits per heavy atom. The van der Waals surface area contributed by atoms with Crippen molar-refractivity contribution >= 4 is 31.5 Å². The van der Waals surface area contributed by atoms with Gasteiger partial charge in [0.15, 0.2) is 9.84 Å². The number of amides is 1. The number of anilines is 1. The SMILES string of the molecule is CN(C(=O)c1ccccc1S(=O)(=O)N1CCCCC1)c1ccc(S(C)(=O)=O)cc1. The van der Waals surface area contributed by atoms with Crippen LogP contribution >= 0.6 is 0 Å². The quantitative estimate of drug-likeness (QED) is 0.718. The molecule has 0 bridgehead atoms. The fraction of sp³-hybridized carbons (Fsp3) is 0.350. The van der Waals surface area contributed by atoms with E-state index in [4.69, 9.17) is 0 Å². The Labute approximate surface area is 171 Å². The molecule has 0 spiro atoms. The lowest BCUT2D eigenvalue weighted by atomic mass is 10.2. The number of hydrogen-bond donors (Lipinski definition) is 0. The molecule has 1 saturated heterocycles. The van der Waals surface area contributed by atoms with E-state index < -0.39 is 25.8 Å². The predicted molar refractivity (Wildman–Crippen MR) is 111 cm³/mol. The van der Waals surface area contributed by atoms with Crippen molar-refractivity contribution in [1.82, 2.24) is 4.31 Å². The highest BCUT2D eigenvalue weighted by Crippen LogP contribution is 2.26. The zero-order chi connectivity index (χ0) is 21.2. The molecule has 0 saturated carbocycles. The number of rotatable bonds is 5. The standard InChI is InChI=1S/C20H24N2O5S2/c1-21(16-10-12-17(13-11-16)28(2,24)25)20(23)18-8-4-5-9-19(18)29(26,27)22-14-6-3-7-15-22/h4-5,8-13H,3,6-7,14-15H2,1-2H3. The van der Waals surface area contributed by atoms with Crippen LogP contribution < -0.4 is 4.90 Å². The van der Waals surface area contributed by atoms with Gasteiger partial charge in [-0.05, 0) is 49.2 Å². The number of carbonyl (C=O) groups is 1. The Balaban J connectivity index is 1.94. The molecule has 0 aliphatic carbocycles. The van der Waals surface area contributed by atoms with Crippen LogP contribution in [-0.4, -0.2) is 53.4 Å². The summed E-state index contributed by atoms with van der Waals surface area (Å²) in [5.74, 6) is -0.478. The Bertz CT molecular complexity index is 1100. The van der Waals surface area contributed by atoms with Gasteiger partial charge in [-0.1, -0.05) is 18.6 Å². The lowest BCUT2D eigenvalue weighted by Crippen LogP contribution is -2.37. The van der Waals surface area contributed by atoms with Gasteiger partial charge in [0.2, 0.25) is 10.0 Å². The van der Waals surface area contributed by atoms with E-state index in [0.717, 1.165) is 25.5 Å². The monoisotopic (exact) mass is 436 g/mol. The first-order valence-corrected chi connectivity index (χ1v) is 12.6. The van der Waals surface area contributed by atoms with Gasteiger partial charge in [0.25, 0.3) is 5.91 Å². The van der Waals surface area contributed by atoms with Crippen LogP contribution in [0.2, 0.25) is 0 Å². The molecule has 0 N–H and O–H groups in total. The van der Waals surface area contributed by atoms with Crippen molar-refractivity contribution in [3.8, 4) is 0 Å². The molecule has 1 amide bonds. The number of piperidine rings is 1. The van der Waals surface area contributed by atoms with Crippen LogP contribution in [0.25, 0.3) is 0 Å². The van der Waals surface area contributed by atoms with Crippen molar-refractivity contribution < 1.29 is 21.6 Å². The van der Waals surface area contributed by atoms with Crippen molar-refractivity contribution in [1.29, 1.82) is 0 Å². The summed E-state index contributed by atoms with van der Waals surface area (Å²) in [6.07, 6.45) is 3.72. The summed E-state index contributed by atoms with van der Waals surface area (Å²) in [4.78, 5) is 14.6. The first-order valence-electron chi connectivity index (χ1n) is 9.30. The van der Waals surface area contributed by atoms with Crippen LogP contribution in [0, 0.1) is 0 Å². The molecule has 1 heterocycles. The molecular weight excluding hydrogens is 412 g/mol. The summed E-state index contributed by atoms with van der Waals surface area (Å²) in [5, 5.41) is 0. The fourth-order valence-electron chi connectivity index (χ4n) is 3.33. The van der Waals surface area contributed by atoms with Gasteiger partial charge in [-0.15, -0.1) is 0 Å². The maximum absolute atomic E-state index is 13.1. The summed E-state index contributed by atoms with van der Waals surface area (Å²) < 4.78 is 50.9. The molecular formula is C20H24N2O5S2. The molecule has 0 aromatic heterocycles. The minimum absolute atomic E-state index is 0.00786. The van der Waals surface area contributed by atoms with E-state index >= 15 is 0 Å². The van der Waals surface area contributed by atoms with Gasteiger partial charge < -0.3 is 4.90 Å². The Morgan fingerprint density at radius 2 is 1.48 bits per heavy atom. The van der Waals surface area contributed by atoms with Gasteiger partial charge >= 0.3 is 0 Å². The molecule has 9 heteroatoms. The van der Waals surface area contributed by atoms with Crippen molar-refractivity contribution in [2.75, 3.05) is 31.3 Å². The van der Waals surface area contributed by atoms with Gasteiger partial charge in [-0.3, -0.25) is 4.79 Å². The molecule has 2 aromatic rings. The number of carbonyl (C=O) groups excluding carboxylic acids is 1. The highest BCUT2D eigenvalue weighted by molar-refractivity contribution is 7.90. The summed E-state index contributed by atoms with van der Waals surface area (Å²) in [6.45, 7) is 0.904. The molecule has 1 aliphatic heterocycles. The van der Waals surface area contributed by atoms with Gasteiger partial charge in [0.05, 0.1) is 15.4 Å². The number of sulfonamides is 1. The third-order valence-corrected chi connectivity index (χ3v) is 8.09. The number of benzene rings is 2. The zero-order valence-electron chi connectivity index (χ0n) is 16.4. The summed E-state index contributed by atoms with van der Waals surface area (Å²) >= 11 is 0. The first-order chi connectivity index (χ1) is 13.6. The van der Waals surface area contributed by atoms with E-state index in [0.29, 0.717) is 18.8 Å². The second-order valence-electron chi connectivity index (χ2n) is 7.09. The molecule has 7 nitrogen and oxygen atoms in total. The average Bonchev–Trinajstić information content (AvgIpc) is 2.73. The Morgan fingerprint density at radius 3 is 2.07 bits per heavy atom. The lowest BCUT2D eigenvalue weighted by Gasteiger charge is -2.27. The minimum atomic E-state index is -3.77. The normalized spacial score (nSPS) is 15.8. The van der Waals surface area contributed by atoms with Crippen molar-refractivity contribution in [3.63, 3.8) is 0 Å². The van der Waals surface area contributed by atoms with Gasteiger partial charge in [-0.2, -0.15) is 4.31 Å². The summed E-state index contributed by atoms with van der Waals surface area (Å²) in [5.41, 5.74) is 0.556. The van der Waals surface area contributed by atoms with Gasteiger partial charge in [0.1, 0.15) is 0 Å². The van der Waals surface area contributed by atoms with Crippen molar-refractivity contribution in [2.24, 2.45) is 0 Å². The smallest absolute Gasteiger partial charge is 0.259 e. The molecule has 29 heavy (non-hydrogen) atoms. The second kappa shape index (κ2) is 8.25. The van der Waals surface area contributed by atoms with Crippen molar-refractivity contribution in [3.05, 3.63) is 54.1 Å². The van der Waals surface area contributed by atoms with Crippen LogP contribution in [0.4, 0.5) is 5.69 Å². The molecule has 0 unspecified atom stereocenters. The van der Waals surface area contributed by atoms with E-state index in [-0.39, 0.29) is 15.4 Å². The predicted octanol–water partition coefficient (Wildman–Crippen LogP) is 2.54. The van der Waals surface area contributed by atoms with Crippen LogP contribution in [0.15, 0.2) is 58.3 Å². The zero-order valence-corrected chi connectivity index (χ0v) is 18.0. The molecule has 1 aliphatic rings. The Hall–Kier alpha value is -2.23. The number of sulfone groups is 1. The number of hydrogen-bond acceptors (Lipinski definition) is 5. The molecule has 156 valence electrons. The summed E-state index contributed by atoms with van der Waals surface area (Å²) in [6, 6.07) is 12.1. The minimum Gasteiger partial charge on any atom is -0.311 e. The van der Waals surface area contributed by atoms with Crippen LogP contribution in [-0.2, 0) is 19.9 Å². The highest BCUT2D eigenvalue weighted by atomic mass is 32.2. The highest BCUT2D eigenvalue weighted by Gasteiger charge is 2.30. The van der Waals surface area contributed by atoms with E-state index in [2.05, 4.69) is 0 Å². The lowest BCUT2D eigenvalue weighted by molar-refractivity contribution is 0.0989.